The molecule has 18 heavy (non-hydrogen) atoms. The van der Waals surface area contributed by atoms with Gasteiger partial charge in [-0.2, -0.15) is 0 Å². The van der Waals surface area contributed by atoms with Crippen molar-refractivity contribution in [3.05, 3.63) is 30.4 Å². The first-order chi connectivity index (χ1) is 8.83. The molecule has 0 aromatic carbocycles. The molecule has 0 radical (unpaired) electrons. The van der Waals surface area contributed by atoms with Crippen LogP contribution >= 0.6 is 0 Å². The van der Waals surface area contributed by atoms with Gasteiger partial charge in [-0.3, -0.25) is 0 Å². The van der Waals surface area contributed by atoms with E-state index in [1.54, 1.807) is 0 Å². The van der Waals surface area contributed by atoms with Crippen LogP contribution < -0.4 is 4.90 Å². The highest BCUT2D eigenvalue weighted by Crippen LogP contribution is 2.41. The van der Waals surface area contributed by atoms with Crippen molar-refractivity contribution in [2.45, 2.75) is 26.2 Å². The third-order valence-electron chi connectivity index (χ3n) is 4.81. The molecule has 2 aromatic rings. The third kappa shape index (κ3) is 1.39. The van der Waals surface area contributed by atoms with Crippen LogP contribution in [0.1, 0.15) is 24.8 Å². The minimum absolute atomic E-state index is 0.938. The van der Waals surface area contributed by atoms with E-state index in [2.05, 4.69) is 33.5 Å². The number of hydrogen-bond donors (Lipinski definition) is 0. The number of aromatic nitrogens is 2. The summed E-state index contributed by atoms with van der Waals surface area (Å²) in [6.07, 6.45) is 10.3. The van der Waals surface area contributed by atoms with Gasteiger partial charge in [-0.25, -0.2) is 4.98 Å². The van der Waals surface area contributed by atoms with Crippen molar-refractivity contribution < 1.29 is 0 Å². The lowest BCUT2D eigenvalue weighted by Gasteiger charge is -2.22. The van der Waals surface area contributed by atoms with Crippen molar-refractivity contribution in [3.63, 3.8) is 0 Å². The monoisotopic (exact) mass is 241 g/mol. The predicted molar refractivity (Wildman–Crippen MR) is 73.0 cm³/mol. The van der Waals surface area contributed by atoms with Gasteiger partial charge in [0, 0.05) is 19.3 Å². The van der Waals surface area contributed by atoms with Crippen molar-refractivity contribution in [3.8, 4) is 0 Å². The molecule has 1 saturated carbocycles. The molecule has 2 fully saturated rings. The van der Waals surface area contributed by atoms with Gasteiger partial charge in [0.25, 0.3) is 0 Å². The minimum Gasteiger partial charge on any atom is -0.369 e. The zero-order valence-corrected chi connectivity index (χ0v) is 10.8. The molecule has 2 aliphatic rings. The maximum atomic E-state index is 4.28. The highest BCUT2D eigenvalue weighted by molar-refractivity contribution is 5.76. The molecule has 1 aliphatic carbocycles. The van der Waals surface area contributed by atoms with E-state index >= 15 is 0 Å². The van der Waals surface area contributed by atoms with E-state index in [1.165, 1.54) is 49.1 Å². The van der Waals surface area contributed by atoms with Crippen LogP contribution in [0.5, 0.6) is 0 Å². The van der Waals surface area contributed by atoms with Crippen molar-refractivity contribution in [1.82, 2.24) is 9.38 Å². The second-order valence-electron chi connectivity index (χ2n) is 5.89. The number of anilines is 1. The number of rotatable bonds is 1. The molecule has 2 unspecified atom stereocenters. The third-order valence-corrected chi connectivity index (χ3v) is 4.81. The van der Waals surface area contributed by atoms with Gasteiger partial charge in [-0.05, 0) is 43.2 Å². The highest BCUT2D eigenvalue weighted by atomic mass is 15.2. The van der Waals surface area contributed by atoms with Crippen LogP contribution in [0.2, 0.25) is 0 Å². The van der Waals surface area contributed by atoms with E-state index < -0.39 is 0 Å². The fourth-order valence-electron chi connectivity index (χ4n) is 3.91. The average molecular weight is 241 g/mol. The minimum atomic E-state index is 0.938. The Labute approximate surface area is 107 Å². The largest absolute Gasteiger partial charge is 0.369 e. The Kier molecular flexibility index (Phi) is 2.16. The zero-order valence-electron chi connectivity index (χ0n) is 10.8. The molecule has 3 heterocycles. The Morgan fingerprint density at radius 2 is 2.00 bits per heavy atom. The zero-order chi connectivity index (χ0) is 12.1. The molecule has 0 N–H and O–H groups in total. The normalized spacial score (nSPS) is 27.1. The van der Waals surface area contributed by atoms with Crippen LogP contribution in [0, 0.1) is 18.8 Å². The van der Waals surface area contributed by atoms with Crippen LogP contribution in [0.25, 0.3) is 5.52 Å². The van der Waals surface area contributed by atoms with Crippen molar-refractivity contribution in [2.24, 2.45) is 11.8 Å². The second-order valence-corrected chi connectivity index (χ2v) is 5.89. The predicted octanol–water partition coefficient (Wildman–Crippen LogP) is 2.88. The van der Waals surface area contributed by atoms with Gasteiger partial charge in [0.15, 0.2) is 0 Å². The second kappa shape index (κ2) is 3.74. The smallest absolute Gasteiger partial charge is 0.0992 e. The molecule has 3 heteroatoms. The lowest BCUT2D eigenvalue weighted by Crippen LogP contribution is -2.22. The van der Waals surface area contributed by atoms with E-state index in [1.807, 2.05) is 12.5 Å². The Bertz CT molecular complexity index is 574. The topological polar surface area (TPSA) is 20.5 Å². The van der Waals surface area contributed by atoms with Gasteiger partial charge in [0.05, 0.1) is 23.7 Å². The van der Waals surface area contributed by atoms with Crippen LogP contribution in [0.4, 0.5) is 5.69 Å². The molecule has 4 rings (SSSR count). The summed E-state index contributed by atoms with van der Waals surface area (Å²) >= 11 is 0. The maximum absolute atomic E-state index is 4.28. The Morgan fingerprint density at radius 3 is 2.78 bits per heavy atom. The molecule has 0 bridgehead atoms. The van der Waals surface area contributed by atoms with Crippen molar-refractivity contribution in [1.29, 1.82) is 0 Å². The Hall–Kier alpha value is -1.51. The Balaban J connectivity index is 1.78. The SMILES string of the molecule is Cc1ccn2cncc2c1N1CC2CCCC2C1. The molecule has 3 nitrogen and oxygen atoms in total. The van der Waals surface area contributed by atoms with Crippen molar-refractivity contribution >= 4 is 11.2 Å². The summed E-state index contributed by atoms with van der Waals surface area (Å²) in [5, 5.41) is 0. The van der Waals surface area contributed by atoms with Gasteiger partial charge in [0.2, 0.25) is 0 Å². The lowest BCUT2D eigenvalue weighted by atomic mass is 10.0. The fourth-order valence-corrected chi connectivity index (χ4v) is 3.91. The van der Waals surface area contributed by atoms with Crippen LogP contribution in [0.15, 0.2) is 24.8 Å². The summed E-state index contributed by atoms with van der Waals surface area (Å²) in [6.45, 7) is 4.71. The van der Waals surface area contributed by atoms with Crippen molar-refractivity contribution in [2.75, 3.05) is 18.0 Å². The average Bonchev–Trinajstić information content (AvgIpc) is 3.01. The number of pyridine rings is 1. The summed E-state index contributed by atoms with van der Waals surface area (Å²) in [6, 6.07) is 2.21. The molecule has 2 atom stereocenters. The first-order valence-electron chi connectivity index (χ1n) is 6.99. The maximum Gasteiger partial charge on any atom is 0.0992 e. The molecule has 1 saturated heterocycles. The lowest BCUT2D eigenvalue weighted by molar-refractivity contribution is 0.494. The quantitative estimate of drug-likeness (QED) is 0.765. The number of imidazole rings is 1. The first-order valence-corrected chi connectivity index (χ1v) is 6.99. The summed E-state index contributed by atoms with van der Waals surface area (Å²) in [4.78, 5) is 6.88. The Morgan fingerprint density at radius 1 is 1.22 bits per heavy atom. The van der Waals surface area contributed by atoms with Gasteiger partial charge in [0.1, 0.15) is 0 Å². The molecule has 94 valence electrons. The van der Waals surface area contributed by atoms with E-state index in [9.17, 15) is 0 Å². The molecular weight excluding hydrogens is 222 g/mol. The molecule has 0 amide bonds. The van der Waals surface area contributed by atoms with Gasteiger partial charge < -0.3 is 9.30 Å². The van der Waals surface area contributed by atoms with E-state index in [-0.39, 0.29) is 0 Å². The van der Waals surface area contributed by atoms with Gasteiger partial charge in [-0.1, -0.05) is 6.42 Å². The number of fused-ring (bicyclic) bond motifs is 2. The molecule has 1 aliphatic heterocycles. The highest BCUT2D eigenvalue weighted by Gasteiger charge is 2.36. The molecule has 2 aromatic heterocycles. The summed E-state index contributed by atoms with van der Waals surface area (Å²) in [5.74, 6) is 1.88. The number of hydrogen-bond acceptors (Lipinski definition) is 2. The van der Waals surface area contributed by atoms with Crippen LogP contribution in [-0.4, -0.2) is 22.5 Å². The van der Waals surface area contributed by atoms with Gasteiger partial charge >= 0.3 is 0 Å². The molecular formula is C15H19N3. The summed E-state index contributed by atoms with van der Waals surface area (Å²) < 4.78 is 2.14. The molecule has 0 spiro atoms. The van der Waals surface area contributed by atoms with Gasteiger partial charge in [-0.15, -0.1) is 0 Å². The van der Waals surface area contributed by atoms with Crippen LogP contribution in [-0.2, 0) is 0 Å². The van der Waals surface area contributed by atoms with Crippen LogP contribution in [0.3, 0.4) is 0 Å². The van der Waals surface area contributed by atoms with E-state index in [0.717, 1.165) is 11.8 Å². The number of aryl methyl sites for hydroxylation is 1. The fraction of sp³-hybridized carbons (Fsp3) is 0.533. The van der Waals surface area contributed by atoms with E-state index in [0.29, 0.717) is 0 Å². The first kappa shape index (κ1) is 10.4. The standard InChI is InChI=1S/C15H19N3/c1-11-5-6-17-10-16-7-14(17)15(11)18-8-12-3-2-4-13(12)9-18/h5-7,10,12-13H,2-4,8-9H2,1H3. The van der Waals surface area contributed by atoms with E-state index in [4.69, 9.17) is 0 Å². The summed E-state index contributed by atoms with van der Waals surface area (Å²) in [5.41, 5.74) is 4.04. The number of nitrogens with zero attached hydrogens (tertiary/aromatic N) is 3. The summed E-state index contributed by atoms with van der Waals surface area (Å²) in [7, 11) is 0.